The summed E-state index contributed by atoms with van der Waals surface area (Å²) in [6, 6.07) is 18.4. The fourth-order valence-corrected chi connectivity index (χ4v) is 6.43. The fraction of sp³-hybridized carbons (Fsp3) is 0.433. The summed E-state index contributed by atoms with van der Waals surface area (Å²) in [6.07, 6.45) is 3.10. The van der Waals surface area contributed by atoms with Gasteiger partial charge in [-0.1, -0.05) is 48.5 Å². The van der Waals surface area contributed by atoms with Crippen LogP contribution in [0.3, 0.4) is 0 Å². The molecule has 0 bridgehead atoms. The van der Waals surface area contributed by atoms with Crippen LogP contribution in [-0.4, -0.2) is 46.4 Å². The van der Waals surface area contributed by atoms with Gasteiger partial charge >= 0.3 is 5.97 Å². The summed E-state index contributed by atoms with van der Waals surface area (Å²) in [5.74, 6) is -1.19. The van der Waals surface area contributed by atoms with Crippen LogP contribution in [0.4, 0.5) is 0 Å². The maximum Gasteiger partial charge on any atom is 0.355 e. The average molecular weight is 553 g/mol. The van der Waals surface area contributed by atoms with E-state index >= 15 is 0 Å². The Morgan fingerprint density at radius 2 is 1.64 bits per heavy atom. The van der Waals surface area contributed by atoms with E-state index in [9.17, 15) is 14.4 Å². The highest BCUT2D eigenvalue weighted by Crippen LogP contribution is 2.46. The molecule has 1 saturated heterocycles. The summed E-state index contributed by atoms with van der Waals surface area (Å²) in [6.45, 7) is 2.61. The van der Waals surface area contributed by atoms with Crippen molar-refractivity contribution in [3.05, 3.63) is 71.9 Å². The molecule has 3 aromatic rings. The second-order valence-corrected chi connectivity index (χ2v) is 10.5. The lowest BCUT2D eigenvalue weighted by molar-refractivity contribution is -0.145. The SMILES string of the molecule is CCOC(=O)c1cc2ccccc2n1C1C[C@@H](c2ccccc2)[C@@H](C(N)=O)N1C(=O)C1CCC(CN)CC1.Cl. The Bertz CT molecular complexity index is 1320. The zero-order valence-electron chi connectivity index (χ0n) is 22.2. The Hall–Kier alpha value is -3.36. The van der Waals surface area contributed by atoms with Crippen molar-refractivity contribution in [1.29, 1.82) is 0 Å². The highest BCUT2D eigenvalue weighted by atomic mass is 35.5. The predicted octanol–water partition coefficient (Wildman–Crippen LogP) is 4.37. The number of nitrogens with two attached hydrogens (primary N) is 2. The smallest absolute Gasteiger partial charge is 0.355 e. The van der Waals surface area contributed by atoms with Gasteiger partial charge in [0.25, 0.3) is 0 Å². The molecule has 1 aromatic heterocycles. The number of halogens is 1. The molecule has 2 fully saturated rings. The largest absolute Gasteiger partial charge is 0.461 e. The number of fused-ring (bicyclic) bond motifs is 1. The molecule has 1 aliphatic heterocycles. The van der Waals surface area contributed by atoms with Crippen LogP contribution < -0.4 is 11.5 Å². The molecule has 1 saturated carbocycles. The molecule has 39 heavy (non-hydrogen) atoms. The molecule has 2 amide bonds. The van der Waals surface area contributed by atoms with Crippen LogP contribution in [0, 0.1) is 11.8 Å². The molecular formula is C30H37ClN4O4. The van der Waals surface area contributed by atoms with E-state index in [-0.39, 0.29) is 36.8 Å². The Labute approximate surface area is 235 Å². The van der Waals surface area contributed by atoms with Gasteiger partial charge in [-0.15, -0.1) is 12.4 Å². The van der Waals surface area contributed by atoms with Crippen molar-refractivity contribution in [2.45, 2.75) is 57.2 Å². The molecule has 2 aromatic carbocycles. The van der Waals surface area contributed by atoms with E-state index in [4.69, 9.17) is 16.2 Å². The number of carbonyl (C=O) groups excluding carboxylic acids is 3. The Kier molecular flexibility index (Phi) is 8.97. The summed E-state index contributed by atoms with van der Waals surface area (Å²) >= 11 is 0. The molecular weight excluding hydrogens is 516 g/mol. The molecule has 0 spiro atoms. The quantitative estimate of drug-likeness (QED) is 0.421. The van der Waals surface area contributed by atoms with Crippen LogP contribution in [0.15, 0.2) is 60.7 Å². The van der Waals surface area contributed by atoms with Crippen LogP contribution in [0.5, 0.6) is 0 Å². The van der Waals surface area contributed by atoms with Crippen molar-refractivity contribution < 1.29 is 19.1 Å². The monoisotopic (exact) mass is 552 g/mol. The van der Waals surface area contributed by atoms with Gasteiger partial charge in [-0.05, 0) is 69.2 Å². The second kappa shape index (κ2) is 12.2. The maximum atomic E-state index is 14.3. The summed E-state index contributed by atoms with van der Waals surface area (Å²) in [7, 11) is 0. The fourth-order valence-electron chi connectivity index (χ4n) is 6.43. The molecule has 3 atom stereocenters. The van der Waals surface area contributed by atoms with Crippen LogP contribution in [0.25, 0.3) is 10.9 Å². The number of benzene rings is 2. The number of ether oxygens (including phenoxy) is 1. The first-order valence-electron chi connectivity index (χ1n) is 13.6. The molecule has 2 aliphatic rings. The highest BCUT2D eigenvalue weighted by molar-refractivity contribution is 5.96. The van der Waals surface area contributed by atoms with Crippen LogP contribution in [0.1, 0.15) is 67.2 Å². The molecule has 1 unspecified atom stereocenters. The maximum absolute atomic E-state index is 14.3. The van der Waals surface area contributed by atoms with Crippen LogP contribution >= 0.6 is 12.4 Å². The minimum absolute atomic E-state index is 0. The van der Waals surface area contributed by atoms with Gasteiger partial charge in [0.1, 0.15) is 17.9 Å². The third-order valence-corrected chi connectivity index (χ3v) is 8.30. The molecule has 5 rings (SSSR count). The van der Waals surface area contributed by atoms with Crippen molar-refractivity contribution in [2.24, 2.45) is 23.3 Å². The number of likely N-dealkylation sites (tertiary alicyclic amines) is 1. The standard InChI is InChI=1S/C30H36N4O4.ClH/c1-2-38-30(37)25-16-22-10-6-7-11-24(22)33(25)26-17-23(20-8-4-3-5-9-20)27(28(32)35)34(26)29(36)21-14-12-19(18-31)13-15-21;/h3-11,16,19,21,23,26-27H,2,12-15,17-18,31H2,1H3,(H2,32,35);1H/t19?,21?,23-,26?,27-;/m0./s1. The van der Waals surface area contributed by atoms with E-state index in [2.05, 4.69) is 0 Å². The molecule has 208 valence electrons. The summed E-state index contributed by atoms with van der Waals surface area (Å²) in [5, 5.41) is 0.866. The topological polar surface area (TPSA) is 121 Å². The van der Waals surface area contributed by atoms with Gasteiger partial charge in [-0.2, -0.15) is 0 Å². The van der Waals surface area contributed by atoms with Crippen LogP contribution in [-0.2, 0) is 14.3 Å². The van der Waals surface area contributed by atoms with Crippen molar-refractivity contribution in [1.82, 2.24) is 9.47 Å². The number of amides is 2. The van der Waals surface area contributed by atoms with Gasteiger partial charge in [0.15, 0.2) is 0 Å². The number of rotatable bonds is 7. The Morgan fingerprint density at radius 3 is 2.28 bits per heavy atom. The van der Waals surface area contributed by atoms with Gasteiger partial charge in [-0.3, -0.25) is 9.59 Å². The van der Waals surface area contributed by atoms with E-state index in [1.807, 2.05) is 59.2 Å². The molecule has 0 radical (unpaired) electrons. The lowest BCUT2D eigenvalue weighted by Crippen LogP contribution is -2.50. The molecule has 4 N–H and O–H groups in total. The van der Waals surface area contributed by atoms with Crippen molar-refractivity contribution >= 4 is 41.1 Å². The Balaban J connectivity index is 0.00000353. The third-order valence-electron chi connectivity index (χ3n) is 8.30. The van der Waals surface area contributed by atoms with Gasteiger partial charge < -0.3 is 25.7 Å². The number of hydrogen-bond acceptors (Lipinski definition) is 5. The predicted molar refractivity (Wildman–Crippen MR) is 152 cm³/mol. The van der Waals surface area contributed by atoms with Crippen molar-refractivity contribution in [3.8, 4) is 0 Å². The highest BCUT2D eigenvalue weighted by Gasteiger charge is 2.50. The summed E-state index contributed by atoms with van der Waals surface area (Å²) in [5.41, 5.74) is 14.1. The Morgan fingerprint density at radius 1 is 0.974 bits per heavy atom. The number of nitrogens with zero attached hydrogens (tertiary/aromatic N) is 2. The molecule has 1 aliphatic carbocycles. The molecule has 8 nitrogen and oxygen atoms in total. The molecule has 9 heteroatoms. The van der Waals surface area contributed by atoms with Crippen molar-refractivity contribution in [3.63, 3.8) is 0 Å². The third kappa shape index (κ3) is 5.40. The minimum Gasteiger partial charge on any atom is -0.461 e. The summed E-state index contributed by atoms with van der Waals surface area (Å²) in [4.78, 5) is 42.2. The minimum atomic E-state index is -0.835. The first-order chi connectivity index (χ1) is 18.4. The van der Waals surface area contributed by atoms with Gasteiger partial charge in [0.05, 0.1) is 12.1 Å². The van der Waals surface area contributed by atoms with E-state index in [1.165, 1.54) is 0 Å². The van der Waals surface area contributed by atoms with Gasteiger partial charge in [0, 0.05) is 17.2 Å². The zero-order valence-corrected chi connectivity index (χ0v) is 23.0. The normalized spacial score (nSPS) is 24.8. The van der Waals surface area contributed by atoms with E-state index in [0.29, 0.717) is 24.6 Å². The molecule has 2 heterocycles. The summed E-state index contributed by atoms with van der Waals surface area (Å²) < 4.78 is 7.30. The lowest BCUT2D eigenvalue weighted by atomic mass is 9.81. The van der Waals surface area contributed by atoms with Gasteiger partial charge in [0.2, 0.25) is 11.8 Å². The second-order valence-electron chi connectivity index (χ2n) is 10.5. The number of aromatic nitrogens is 1. The number of primary amides is 1. The van der Waals surface area contributed by atoms with E-state index < -0.39 is 24.1 Å². The first-order valence-corrected chi connectivity index (χ1v) is 13.6. The number of hydrogen-bond donors (Lipinski definition) is 2. The van der Waals surface area contributed by atoms with E-state index in [0.717, 1.165) is 42.1 Å². The zero-order chi connectivity index (χ0) is 26.8. The van der Waals surface area contributed by atoms with Crippen molar-refractivity contribution in [2.75, 3.05) is 13.2 Å². The van der Waals surface area contributed by atoms with Gasteiger partial charge in [-0.25, -0.2) is 4.79 Å². The average Bonchev–Trinajstić information content (AvgIpc) is 3.52. The van der Waals surface area contributed by atoms with Crippen LogP contribution in [0.2, 0.25) is 0 Å². The number of carbonyl (C=O) groups is 3. The first kappa shape index (κ1) is 28.6. The number of para-hydroxylation sites is 1. The number of esters is 1. The lowest BCUT2D eigenvalue weighted by Gasteiger charge is -2.36. The van der Waals surface area contributed by atoms with E-state index in [1.54, 1.807) is 17.9 Å².